The van der Waals surface area contributed by atoms with Crippen molar-refractivity contribution in [3.8, 4) is 0 Å². The predicted molar refractivity (Wildman–Crippen MR) is 84.4 cm³/mol. The van der Waals surface area contributed by atoms with Crippen molar-refractivity contribution >= 4 is 11.9 Å². The van der Waals surface area contributed by atoms with Crippen molar-refractivity contribution in [3.05, 3.63) is 35.9 Å². The number of carbonyl (C=O) groups is 2. The molecular weight excluding hydrogens is 278 g/mol. The first kappa shape index (κ1) is 14.9. The zero-order valence-corrected chi connectivity index (χ0v) is 12.8. The van der Waals surface area contributed by atoms with E-state index in [1.54, 1.807) is 0 Å². The molecule has 1 aromatic carbocycles. The highest BCUT2D eigenvalue weighted by Crippen LogP contribution is 2.36. The van der Waals surface area contributed by atoms with Crippen molar-refractivity contribution in [2.24, 2.45) is 5.41 Å². The number of aryl methyl sites for hydroxylation is 1. The quantitative estimate of drug-likeness (QED) is 0.829. The maximum Gasteiger partial charge on any atom is 0.317 e. The van der Waals surface area contributed by atoms with Crippen molar-refractivity contribution in [3.63, 3.8) is 0 Å². The molecule has 0 aromatic heterocycles. The SMILES string of the molecule is O=C1CC2(CCN(C(=O)NCCCc3ccccc3)C2)CN1. The summed E-state index contributed by atoms with van der Waals surface area (Å²) in [5.41, 5.74) is 1.28. The van der Waals surface area contributed by atoms with Gasteiger partial charge in [-0.25, -0.2) is 4.79 Å². The van der Waals surface area contributed by atoms with Gasteiger partial charge in [-0.2, -0.15) is 0 Å². The third kappa shape index (κ3) is 3.40. The van der Waals surface area contributed by atoms with Gasteiger partial charge < -0.3 is 15.5 Å². The average Bonchev–Trinajstić information content (AvgIpc) is 3.11. The minimum Gasteiger partial charge on any atom is -0.355 e. The number of nitrogens with one attached hydrogen (secondary N) is 2. The minimum atomic E-state index is -0.0154. The molecule has 5 nitrogen and oxygen atoms in total. The van der Waals surface area contributed by atoms with Gasteiger partial charge in [-0.05, 0) is 24.8 Å². The van der Waals surface area contributed by atoms with E-state index in [4.69, 9.17) is 0 Å². The largest absolute Gasteiger partial charge is 0.355 e. The second-order valence-corrected chi connectivity index (χ2v) is 6.45. The van der Waals surface area contributed by atoms with Crippen LogP contribution < -0.4 is 10.6 Å². The lowest BCUT2D eigenvalue weighted by Crippen LogP contribution is -2.40. The average molecular weight is 301 g/mol. The van der Waals surface area contributed by atoms with E-state index in [0.717, 1.165) is 25.8 Å². The van der Waals surface area contributed by atoms with Crippen molar-refractivity contribution < 1.29 is 9.59 Å². The number of amides is 3. The minimum absolute atomic E-state index is 0.00397. The van der Waals surface area contributed by atoms with Crippen LogP contribution in [0.25, 0.3) is 0 Å². The summed E-state index contributed by atoms with van der Waals surface area (Å²) < 4.78 is 0. The van der Waals surface area contributed by atoms with Crippen LogP contribution in [0.5, 0.6) is 0 Å². The van der Waals surface area contributed by atoms with Crippen LogP contribution in [0.3, 0.4) is 0 Å². The van der Waals surface area contributed by atoms with Gasteiger partial charge in [0, 0.05) is 38.0 Å². The topological polar surface area (TPSA) is 61.4 Å². The molecule has 1 aromatic rings. The maximum atomic E-state index is 12.2. The highest BCUT2D eigenvalue weighted by molar-refractivity contribution is 5.80. The van der Waals surface area contributed by atoms with Crippen LogP contribution in [-0.2, 0) is 11.2 Å². The fourth-order valence-electron chi connectivity index (χ4n) is 3.39. The third-order valence-corrected chi connectivity index (χ3v) is 4.68. The van der Waals surface area contributed by atoms with Crippen LogP contribution in [0, 0.1) is 5.41 Å². The van der Waals surface area contributed by atoms with Gasteiger partial charge >= 0.3 is 6.03 Å². The highest BCUT2D eigenvalue weighted by atomic mass is 16.2. The van der Waals surface area contributed by atoms with Gasteiger partial charge in [0.25, 0.3) is 0 Å². The fraction of sp³-hybridized carbons (Fsp3) is 0.529. The number of hydrogen-bond acceptors (Lipinski definition) is 2. The lowest BCUT2D eigenvalue weighted by molar-refractivity contribution is -0.119. The molecule has 1 atom stereocenters. The van der Waals surface area contributed by atoms with Crippen LogP contribution >= 0.6 is 0 Å². The normalized spacial score (nSPS) is 23.8. The second kappa shape index (κ2) is 6.38. The van der Waals surface area contributed by atoms with Crippen LogP contribution in [0.4, 0.5) is 4.79 Å². The fourth-order valence-corrected chi connectivity index (χ4v) is 3.39. The van der Waals surface area contributed by atoms with E-state index in [9.17, 15) is 9.59 Å². The van der Waals surface area contributed by atoms with Crippen LogP contribution in [-0.4, -0.2) is 43.0 Å². The molecule has 22 heavy (non-hydrogen) atoms. The summed E-state index contributed by atoms with van der Waals surface area (Å²) in [6.07, 6.45) is 3.40. The Morgan fingerprint density at radius 3 is 2.86 bits per heavy atom. The number of likely N-dealkylation sites (tertiary alicyclic amines) is 1. The Kier molecular flexibility index (Phi) is 4.32. The Bertz CT molecular complexity index is 546. The van der Waals surface area contributed by atoms with Gasteiger partial charge in [-0.15, -0.1) is 0 Å². The highest BCUT2D eigenvalue weighted by Gasteiger charge is 2.45. The smallest absolute Gasteiger partial charge is 0.317 e. The molecular formula is C17H23N3O2. The predicted octanol–water partition coefficient (Wildman–Crippen LogP) is 1.54. The van der Waals surface area contributed by atoms with E-state index in [0.29, 0.717) is 26.1 Å². The molecule has 5 heteroatoms. The molecule has 118 valence electrons. The van der Waals surface area contributed by atoms with E-state index >= 15 is 0 Å². The zero-order valence-electron chi connectivity index (χ0n) is 12.8. The number of carbonyl (C=O) groups excluding carboxylic acids is 2. The zero-order chi connectivity index (χ0) is 15.4. The molecule has 2 fully saturated rings. The third-order valence-electron chi connectivity index (χ3n) is 4.68. The number of rotatable bonds is 4. The number of hydrogen-bond donors (Lipinski definition) is 2. The molecule has 0 saturated carbocycles. The summed E-state index contributed by atoms with van der Waals surface area (Å²) in [6.45, 7) is 2.84. The second-order valence-electron chi connectivity index (χ2n) is 6.45. The summed E-state index contributed by atoms with van der Waals surface area (Å²) in [4.78, 5) is 25.4. The van der Waals surface area contributed by atoms with Gasteiger partial charge in [-0.3, -0.25) is 4.79 Å². The Hall–Kier alpha value is -2.04. The Balaban J connectivity index is 1.39. The van der Waals surface area contributed by atoms with Crippen molar-refractivity contribution in [1.29, 1.82) is 0 Å². The number of benzene rings is 1. The molecule has 2 aliphatic rings. The van der Waals surface area contributed by atoms with Crippen molar-refractivity contribution in [1.82, 2.24) is 15.5 Å². The molecule has 2 N–H and O–H groups in total. The van der Waals surface area contributed by atoms with Gasteiger partial charge in [0.1, 0.15) is 0 Å². The Labute approximate surface area is 131 Å². The molecule has 3 amide bonds. The molecule has 3 rings (SSSR count). The molecule has 2 saturated heterocycles. The summed E-state index contributed by atoms with van der Waals surface area (Å²) in [5.74, 6) is 0.116. The lowest BCUT2D eigenvalue weighted by Gasteiger charge is -2.22. The molecule has 0 aliphatic carbocycles. The first-order chi connectivity index (χ1) is 10.7. The molecule has 0 bridgehead atoms. The summed E-state index contributed by atoms with van der Waals surface area (Å²) in [5, 5.41) is 5.88. The number of nitrogens with zero attached hydrogens (tertiary/aromatic N) is 1. The van der Waals surface area contributed by atoms with Crippen LogP contribution in [0.2, 0.25) is 0 Å². The van der Waals surface area contributed by atoms with E-state index < -0.39 is 0 Å². The summed E-state index contributed by atoms with van der Waals surface area (Å²) in [6, 6.07) is 10.3. The van der Waals surface area contributed by atoms with E-state index in [1.165, 1.54) is 5.56 Å². The van der Waals surface area contributed by atoms with E-state index in [2.05, 4.69) is 22.8 Å². The van der Waals surface area contributed by atoms with Crippen molar-refractivity contribution in [2.75, 3.05) is 26.2 Å². The van der Waals surface area contributed by atoms with E-state index in [1.807, 2.05) is 23.1 Å². The van der Waals surface area contributed by atoms with Gasteiger partial charge in [0.2, 0.25) is 5.91 Å². The summed E-state index contributed by atoms with van der Waals surface area (Å²) in [7, 11) is 0. The standard InChI is InChI=1S/C17H23N3O2/c21-15-11-17(12-19-15)8-10-20(13-17)16(22)18-9-4-7-14-5-2-1-3-6-14/h1-3,5-6H,4,7-13H2,(H,18,22)(H,19,21). The van der Waals surface area contributed by atoms with Gasteiger partial charge in [-0.1, -0.05) is 30.3 Å². The first-order valence-electron chi connectivity index (χ1n) is 8.00. The Morgan fingerprint density at radius 1 is 1.32 bits per heavy atom. The number of urea groups is 1. The van der Waals surface area contributed by atoms with Gasteiger partial charge in [0.05, 0.1) is 0 Å². The van der Waals surface area contributed by atoms with Crippen LogP contribution in [0.15, 0.2) is 30.3 Å². The molecule has 2 heterocycles. The monoisotopic (exact) mass is 301 g/mol. The van der Waals surface area contributed by atoms with Crippen LogP contribution in [0.1, 0.15) is 24.8 Å². The molecule has 0 radical (unpaired) electrons. The lowest BCUT2D eigenvalue weighted by atomic mass is 9.86. The molecule has 1 unspecified atom stereocenters. The maximum absolute atomic E-state index is 12.2. The van der Waals surface area contributed by atoms with E-state index in [-0.39, 0.29) is 17.4 Å². The van der Waals surface area contributed by atoms with Gasteiger partial charge in [0.15, 0.2) is 0 Å². The molecule has 1 spiro atoms. The van der Waals surface area contributed by atoms with Crippen molar-refractivity contribution in [2.45, 2.75) is 25.7 Å². The summed E-state index contributed by atoms with van der Waals surface area (Å²) >= 11 is 0. The molecule has 2 aliphatic heterocycles. The Morgan fingerprint density at radius 2 is 2.14 bits per heavy atom. The first-order valence-corrected chi connectivity index (χ1v) is 8.00.